The van der Waals surface area contributed by atoms with Gasteiger partial charge in [0.1, 0.15) is 0 Å². The molecule has 5 nitrogen and oxygen atoms in total. The molecule has 0 saturated carbocycles. The van der Waals surface area contributed by atoms with Crippen LogP contribution in [0.1, 0.15) is 52.9 Å². The van der Waals surface area contributed by atoms with E-state index < -0.39 is 0 Å². The number of likely N-dealkylation sites (tertiary alicyclic amines) is 2. The van der Waals surface area contributed by atoms with Gasteiger partial charge in [0.2, 0.25) is 0 Å². The lowest BCUT2D eigenvalue weighted by atomic mass is 9.82. The highest BCUT2D eigenvalue weighted by atomic mass is 127. The molecule has 0 aromatic heterocycles. The molecule has 0 radical (unpaired) electrons. The zero-order valence-corrected chi connectivity index (χ0v) is 19.1. The second-order valence-electron chi connectivity index (χ2n) is 9.05. The maximum absolute atomic E-state index is 6.13. The molecule has 2 bridgehead atoms. The summed E-state index contributed by atoms with van der Waals surface area (Å²) < 4.78 is 6.13. The minimum absolute atomic E-state index is 0. The fourth-order valence-electron chi connectivity index (χ4n) is 5.43. The van der Waals surface area contributed by atoms with Gasteiger partial charge in [0.15, 0.2) is 5.96 Å². The highest BCUT2D eigenvalue weighted by molar-refractivity contribution is 14.0. The number of nitrogens with zero attached hydrogens (tertiary/aromatic N) is 3. The predicted molar refractivity (Wildman–Crippen MR) is 117 cm³/mol. The summed E-state index contributed by atoms with van der Waals surface area (Å²) in [6, 6.07) is 0. The van der Waals surface area contributed by atoms with Crippen LogP contribution in [0.4, 0.5) is 0 Å². The first-order chi connectivity index (χ1) is 12.1. The maximum Gasteiger partial charge on any atom is 0.194 e. The van der Waals surface area contributed by atoms with Crippen LogP contribution < -0.4 is 5.32 Å². The van der Waals surface area contributed by atoms with E-state index >= 15 is 0 Å². The van der Waals surface area contributed by atoms with Gasteiger partial charge >= 0.3 is 0 Å². The van der Waals surface area contributed by atoms with Crippen molar-refractivity contribution in [2.75, 3.05) is 39.3 Å². The van der Waals surface area contributed by atoms with Crippen LogP contribution in [0.3, 0.4) is 0 Å². The molecule has 0 spiro atoms. The SMILES string of the molecule is CCNC(=NCC(C)(C)N1CCCCC1)N1CC2C3CCC(O3)C2C1.I. The van der Waals surface area contributed by atoms with Crippen LogP contribution in [0.15, 0.2) is 4.99 Å². The van der Waals surface area contributed by atoms with Gasteiger partial charge in [-0.2, -0.15) is 0 Å². The Kier molecular flexibility index (Phi) is 6.76. The topological polar surface area (TPSA) is 40.1 Å². The number of halogens is 1. The summed E-state index contributed by atoms with van der Waals surface area (Å²) in [5, 5.41) is 3.56. The summed E-state index contributed by atoms with van der Waals surface area (Å²) in [6.07, 6.45) is 7.65. The number of hydrogen-bond donors (Lipinski definition) is 1. The number of rotatable bonds is 4. The minimum Gasteiger partial charge on any atom is -0.374 e. The highest BCUT2D eigenvalue weighted by Gasteiger charge is 2.53. The lowest BCUT2D eigenvalue weighted by molar-refractivity contribution is 0.0765. The number of nitrogens with one attached hydrogen (secondary N) is 1. The summed E-state index contributed by atoms with van der Waals surface area (Å²) in [6.45, 7) is 13.4. The van der Waals surface area contributed by atoms with Gasteiger partial charge in [-0.1, -0.05) is 6.42 Å². The molecule has 0 aromatic carbocycles. The number of aliphatic imine (C=N–C) groups is 1. The molecule has 4 unspecified atom stereocenters. The molecule has 4 atom stereocenters. The predicted octanol–water partition coefficient (Wildman–Crippen LogP) is 2.94. The highest BCUT2D eigenvalue weighted by Crippen LogP contribution is 2.47. The summed E-state index contributed by atoms with van der Waals surface area (Å²) in [5.74, 6) is 2.59. The van der Waals surface area contributed by atoms with Crippen molar-refractivity contribution >= 4 is 29.9 Å². The number of fused-ring (bicyclic) bond motifs is 5. The van der Waals surface area contributed by atoms with Crippen molar-refractivity contribution in [3.8, 4) is 0 Å². The molecule has 4 aliphatic heterocycles. The van der Waals surface area contributed by atoms with E-state index in [4.69, 9.17) is 9.73 Å². The van der Waals surface area contributed by atoms with Crippen molar-refractivity contribution < 1.29 is 4.74 Å². The Bertz CT molecular complexity index is 488. The summed E-state index contributed by atoms with van der Waals surface area (Å²) in [5.41, 5.74) is 0.152. The quantitative estimate of drug-likeness (QED) is 0.385. The molecule has 0 amide bonds. The second kappa shape index (κ2) is 8.52. The third kappa shape index (κ3) is 4.02. The van der Waals surface area contributed by atoms with Crippen LogP contribution >= 0.6 is 24.0 Å². The van der Waals surface area contributed by atoms with Crippen LogP contribution in [0, 0.1) is 11.8 Å². The molecular formula is C20H37IN4O. The van der Waals surface area contributed by atoms with Gasteiger partial charge in [-0.25, -0.2) is 0 Å². The molecule has 4 rings (SSSR count). The molecule has 4 saturated heterocycles. The molecule has 4 aliphatic rings. The molecular weight excluding hydrogens is 439 g/mol. The first-order valence-electron chi connectivity index (χ1n) is 10.5. The first kappa shape index (κ1) is 20.6. The lowest BCUT2D eigenvalue weighted by Gasteiger charge is -2.40. The third-order valence-electron chi connectivity index (χ3n) is 6.92. The zero-order valence-electron chi connectivity index (χ0n) is 16.7. The fraction of sp³-hybridized carbons (Fsp3) is 0.950. The Morgan fingerprint density at radius 2 is 1.69 bits per heavy atom. The molecule has 150 valence electrons. The number of piperidine rings is 1. The number of guanidine groups is 1. The Morgan fingerprint density at radius 3 is 2.27 bits per heavy atom. The van der Waals surface area contributed by atoms with Crippen LogP contribution in [0.2, 0.25) is 0 Å². The van der Waals surface area contributed by atoms with E-state index in [0.717, 1.165) is 44.0 Å². The van der Waals surface area contributed by atoms with Crippen molar-refractivity contribution in [2.24, 2.45) is 16.8 Å². The molecule has 0 aromatic rings. The van der Waals surface area contributed by atoms with Gasteiger partial charge in [0, 0.05) is 37.0 Å². The standard InChI is InChI=1S/C20H36N4O.HI/c1-4-21-19(22-14-20(2,3)24-10-6-5-7-11-24)23-12-15-16(13-23)18-9-8-17(15)25-18;/h15-18H,4-14H2,1-3H3,(H,21,22);1H. The van der Waals surface area contributed by atoms with Gasteiger partial charge in [0.05, 0.1) is 18.8 Å². The zero-order chi connectivity index (χ0) is 17.4. The van der Waals surface area contributed by atoms with Crippen molar-refractivity contribution in [1.82, 2.24) is 15.1 Å². The Labute approximate surface area is 176 Å². The van der Waals surface area contributed by atoms with E-state index in [2.05, 4.69) is 35.9 Å². The molecule has 26 heavy (non-hydrogen) atoms. The Hall–Kier alpha value is -0.0800. The summed E-state index contributed by atoms with van der Waals surface area (Å²) in [7, 11) is 0. The summed E-state index contributed by atoms with van der Waals surface area (Å²) >= 11 is 0. The number of ether oxygens (including phenoxy) is 1. The average molecular weight is 476 g/mol. The molecule has 4 fully saturated rings. The first-order valence-corrected chi connectivity index (χ1v) is 10.5. The largest absolute Gasteiger partial charge is 0.374 e. The van der Waals surface area contributed by atoms with Gasteiger partial charge in [-0.05, 0) is 59.5 Å². The average Bonchev–Trinajstić information content (AvgIpc) is 3.32. The maximum atomic E-state index is 6.13. The van der Waals surface area contributed by atoms with Crippen LogP contribution in [-0.4, -0.2) is 72.8 Å². The second-order valence-corrected chi connectivity index (χ2v) is 9.05. The van der Waals surface area contributed by atoms with Crippen LogP contribution in [0.25, 0.3) is 0 Å². The normalized spacial score (nSPS) is 34.7. The van der Waals surface area contributed by atoms with E-state index in [1.54, 1.807) is 0 Å². The van der Waals surface area contributed by atoms with Gasteiger partial charge < -0.3 is 15.0 Å². The van der Waals surface area contributed by atoms with Crippen LogP contribution in [0.5, 0.6) is 0 Å². The summed E-state index contributed by atoms with van der Waals surface area (Å²) in [4.78, 5) is 10.2. The van der Waals surface area contributed by atoms with Crippen molar-refractivity contribution in [2.45, 2.75) is 70.6 Å². The molecule has 0 aliphatic carbocycles. The van der Waals surface area contributed by atoms with Crippen molar-refractivity contribution in [3.05, 3.63) is 0 Å². The van der Waals surface area contributed by atoms with E-state index in [9.17, 15) is 0 Å². The molecule has 4 heterocycles. The van der Waals surface area contributed by atoms with Gasteiger partial charge in [-0.3, -0.25) is 9.89 Å². The van der Waals surface area contributed by atoms with Gasteiger partial charge in [0.25, 0.3) is 0 Å². The Balaban J connectivity index is 0.00000196. The van der Waals surface area contributed by atoms with Crippen LogP contribution in [-0.2, 0) is 4.74 Å². The third-order valence-corrected chi connectivity index (χ3v) is 6.92. The molecule has 6 heteroatoms. The molecule has 1 N–H and O–H groups in total. The van der Waals surface area contributed by atoms with E-state index in [0.29, 0.717) is 12.2 Å². The number of hydrogen-bond acceptors (Lipinski definition) is 3. The monoisotopic (exact) mass is 476 g/mol. The van der Waals surface area contributed by atoms with Gasteiger partial charge in [-0.15, -0.1) is 24.0 Å². The van der Waals surface area contributed by atoms with Crippen molar-refractivity contribution in [3.63, 3.8) is 0 Å². The van der Waals surface area contributed by atoms with Crippen molar-refractivity contribution in [1.29, 1.82) is 0 Å². The Morgan fingerprint density at radius 1 is 1.08 bits per heavy atom. The van der Waals surface area contributed by atoms with E-state index in [1.165, 1.54) is 45.2 Å². The van der Waals surface area contributed by atoms with E-state index in [-0.39, 0.29) is 29.5 Å². The lowest BCUT2D eigenvalue weighted by Crippen LogP contribution is -2.50. The minimum atomic E-state index is 0. The fourth-order valence-corrected chi connectivity index (χ4v) is 5.43. The van der Waals surface area contributed by atoms with E-state index in [1.807, 2.05) is 0 Å². The smallest absolute Gasteiger partial charge is 0.194 e.